The Balaban J connectivity index is 1.56. The molecule has 0 fully saturated rings. The van der Waals surface area contributed by atoms with Gasteiger partial charge in [0.2, 0.25) is 5.91 Å². The van der Waals surface area contributed by atoms with E-state index < -0.39 is 0 Å². The van der Waals surface area contributed by atoms with Crippen molar-refractivity contribution in [2.75, 3.05) is 17.2 Å². The number of hydrogen-bond acceptors (Lipinski definition) is 6. The summed E-state index contributed by atoms with van der Waals surface area (Å²) in [4.78, 5) is 36.3. The van der Waals surface area contributed by atoms with Crippen molar-refractivity contribution < 1.29 is 4.79 Å². The van der Waals surface area contributed by atoms with E-state index in [1.165, 1.54) is 16.6 Å². The smallest absolute Gasteiger partial charge is 0.267 e. The topological polar surface area (TPSA) is 79.0 Å². The van der Waals surface area contributed by atoms with E-state index in [2.05, 4.69) is 19.1 Å². The lowest BCUT2D eigenvalue weighted by Gasteiger charge is -2.23. The number of anilines is 1. The summed E-state index contributed by atoms with van der Waals surface area (Å²) in [5.41, 5.74) is 5.40. The van der Waals surface area contributed by atoms with Gasteiger partial charge < -0.3 is 4.90 Å². The Labute approximate surface area is 247 Å². The van der Waals surface area contributed by atoms with Crippen LogP contribution in [0.3, 0.4) is 0 Å². The molecular weight excluding hydrogens is 560 g/mol. The number of thiophene rings is 1. The Morgan fingerprint density at radius 1 is 1.23 bits per heavy atom. The molecule has 1 amide bonds. The van der Waals surface area contributed by atoms with Crippen LogP contribution in [0.15, 0.2) is 46.3 Å². The molecule has 2 heterocycles. The van der Waals surface area contributed by atoms with Crippen molar-refractivity contribution in [1.82, 2.24) is 9.55 Å². The maximum Gasteiger partial charge on any atom is 0.267 e. The molecule has 1 atom stereocenters. The van der Waals surface area contributed by atoms with Crippen LogP contribution in [0.25, 0.3) is 15.9 Å². The normalized spacial score (nSPS) is 14.7. The van der Waals surface area contributed by atoms with Gasteiger partial charge in [0.05, 0.1) is 29.3 Å². The number of rotatable bonds is 7. The first-order valence-corrected chi connectivity index (χ1v) is 15.6. The van der Waals surface area contributed by atoms with E-state index >= 15 is 0 Å². The Hall–Kier alpha value is -3.12. The first-order chi connectivity index (χ1) is 19.2. The quantitative estimate of drug-likeness (QED) is 0.168. The number of carbonyl (C=O) groups excluding carboxylic acids is 1. The van der Waals surface area contributed by atoms with E-state index in [9.17, 15) is 14.9 Å². The van der Waals surface area contributed by atoms with E-state index in [0.29, 0.717) is 33.7 Å². The molecule has 0 saturated carbocycles. The Kier molecular flexibility index (Phi) is 8.37. The molecule has 2 aromatic carbocycles. The number of aromatic nitrogens is 2. The van der Waals surface area contributed by atoms with Crippen LogP contribution in [0.2, 0.25) is 5.02 Å². The third kappa shape index (κ3) is 5.69. The van der Waals surface area contributed by atoms with Crippen LogP contribution in [0.1, 0.15) is 46.9 Å². The molecule has 2 aromatic heterocycles. The molecular formula is C31H31ClN4O2S2. The van der Waals surface area contributed by atoms with Gasteiger partial charge in [0.1, 0.15) is 4.83 Å². The van der Waals surface area contributed by atoms with Crippen LogP contribution < -0.4 is 10.5 Å². The van der Waals surface area contributed by atoms with E-state index in [0.717, 1.165) is 52.0 Å². The van der Waals surface area contributed by atoms with Crippen molar-refractivity contribution in [2.24, 2.45) is 5.92 Å². The highest BCUT2D eigenvalue weighted by molar-refractivity contribution is 7.99. The first kappa shape index (κ1) is 28.4. The summed E-state index contributed by atoms with van der Waals surface area (Å²) in [6, 6.07) is 13.7. The van der Waals surface area contributed by atoms with E-state index in [4.69, 9.17) is 16.6 Å². The Morgan fingerprint density at radius 3 is 2.67 bits per heavy atom. The predicted molar refractivity (Wildman–Crippen MR) is 165 cm³/mol. The minimum absolute atomic E-state index is 0.0675. The zero-order chi connectivity index (χ0) is 28.6. The lowest BCUT2D eigenvalue weighted by Crippen LogP contribution is -2.33. The Morgan fingerprint density at radius 2 is 1.98 bits per heavy atom. The lowest BCUT2D eigenvalue weighted by molar-refractivity contribution is -0.116. The van der Waals surface area contributed by atoms with Crippen molar-refractivity contribution in [1.29, 1.82) is 5.26 Å². The summed E-state index contributed by atoms with van der Waals surface area (Å²) in [5.74, 6) is 0.500. The molecule has 206 valence electrons. The van der Waals surface area contributed by atoms with Crippen LogP contribution in [-0.4, -0.2) is 27.8 Å². The number of hydrogen-bond donors (Lipinski definition) is 0. The second kappa shape index (κ2) is 11.8. The predicted octanol–water partition coefficient (Wildman–Crippen LogP) is 7.19. The van der Waals surface area contributed by atoms with Gasteiger partial charge in [-0.25, -0.2) is 4.98 Å². The molecule has 1 aliphatic rings. The average molecular weight is 591 g/mol. The van der Waals surface area contributed by atoms with Crippen molar-refractivity contribution in [3.63, 3.8) is 0 Å². The van der Waals surface area contributed by atoms with Crippen LogP contribution in [0, 0.1) is 38.0 Å². The van der Waals surface area contributed by atoms with Gasteiger partial charge in [-0.1, -0.05) is 42.4 Å². The van der Waals surface area contributed by atoms with Gasteiger partial charge >= 0.3 is 0 Å². The molecule has 0 aliphatic heterocycles. The van der Waals surface area contributed by atoms with Crippen LogP contribution in [0.4, 0.5) is 5.69 Å². The van der Waals surface area contributed by atoms with Gasteiger partial charge in [-0.15, -0.1) is 11.3 Å². The molecule has 0 bridgehead atoms. The SMILES string of the molecule is Cc1cc(C)cc(N(CCC#N)C(=O)CSc2nc3sc4c(c3c(=O)n2-c2ccc(C)c(Cl)c2)CC[C@H](C)C4)c1. The fourth-order valence-corrected chi connectivity index (χ4v) is 7.77. The fourth-order valence-electron chi connectivity index (χ4n) is 5.29. The zero-order valence-corrected chi connectivity index (χ0v) is 25.5. The van der Waals surface area contributed by atoms with Gasteiger partial charge in [-0.2, -0.15) is 5.26 Å². The summed E-state index contributed by atoms with van der Waals surface area (Å²) in [6.07, 6.45) is 3.10. The molecule has 4 aromatic rings. The molecule has 0 unspecified atom stereocenters. The van der Waals surface area contributed by atoms with Gasteiger partial charge in [0.25, 0.3) is 5.56 Å². The van der Waals surface area contributed by atoms with E-state index in [-0.39, 0.29) is 23.6 Å². The van der Waals surface area contributed by atoms with Crippen molar-refractivity contribution in [2.45, 2.75) is 58.5 Å². The Bertz CT molecular complexity index is 1700. The van der Waals surface area contributed by atoms with E-state index in [1.807, 2.05) is 45.0 Å². The summed E-state index contributed by atoms with van der Waals surface area (Å²) in [5, 5.41) is 10.9. The molecule has 9 heteroatoms. The number of halogens is 1. The molecule has 1 aliphatic carbocycles. The molecule has 0 saturated heterocycles. The van der Waals surface area contributed by atoms with Gasteiger partial charge in [0, 0.05) is 22.1 Å². The monoisotopic (exact) mass is 590 g/mol. The van der Waals surface area contributed by atoms with Crippen LogP contribution >= 0.6 is 34.7 Å². The highest BCUT2D eigenvalue weighted by atomic mass is 35.5. The molecule has 5 rings (SSSR count). The average Bonchev–Trinajstić information content (AvgIpc) is 3.26. The number of aryl methyl sites for hydroxylation is 4. The third-order valence-corrected chi connectivity index (χ3v) is 9.78. The summed E-state index contributed by atoms with van der Waals surface area (Å²) in [7, 11) is 0. The summed E-state index contributed by atoms with van der Waals surface area (Å²) >= 11 is 9.32. The minimum atomic E-state index is -0.146. The fraction of sp³-hybridized carbons (Fsp3) is 0.355. The number of fused-ring (bicyclic) bond motifs is 3. The minimum Gasteiger partial charge on any atom is -0.311 e. The first-order valence-electron chi connectivity index (χ1n) is 13.4. The maximum absolute atomic E-state index is 14.1. The molecule has 0 spiro atoms. The van der Waals surface area contributed by atoms with Crippen molar-refractivity contribution in [3.8, 4) is 11.8 Å². The molecule has 0 N–H and O–H groups in total. The second-order valence-electron chi connectivity index (χ2n) is 10.6. The van der Waals surface area contributed by atoms with Gasteiger partial charge in [-0.3, -0.25) is 14.2 Å². The summed E-state index contributed by atoms with van der Waals surface area (Å²) in [6.45, 7) is 8.44. The number of carbonyl (C=O) groups is 1. The number of amides is 1. The van der Waals surface area contributed by atoms with Crippen molar-refractivity contribution in [3.05, 3.63) is 78.9 Å². The van der Waals surface area contributed by atoms with E-state index in [1.54, 1.807) is 26.9 Å². The molecule has 0 radical (unpaired) electrons. The van der Waals surface area contributed by atoms with Crippen molar-refractivity contribution >= 4 is 56.5 Å². The summed E-state index contributed by atoms with van der Waals surface area (Å²) < 4.78 is 1.60. The largest absolute Gasteiger partial charge is 0.311 e. The number of thioether (sulfide) groups is 1. The lowest BCUT2D eigenvalue weighted by atomic mass is 9.89. The van der Waals surface area contributed by atoms with Crippen LogP contribution in [-0.2, 0) is 17.6 Å². The third-order valence-electron chi connectivity index (χ3n) is 7.30. The number of nitrogens with zero attached hydrogens (tertiary/aromatic N) is 4. The maximum atomic E-state index is 14.1. The number of nitriles is 1. The highest BCUT2D eigenvalue weighted by Crippen LogP contribution is 2.37. The molecule has 6 nitrogen and oxygen atoms in total. The van der Waals surface area contributed by atoms with Crippen LogP contribution in [0.5, 0.6) is 0 Å². The number of benzene rings is 2. The van der Waals surface area contributed by atoms with Gasteiger partial charge in [-0.05, 0) is 92.5 Å². The standard InChI is InChI=1S/C31H31ClN4O2S2/c1-18-6-9-24-26(15-18)40-29-28(24)30(38)36(22-8-7-21(4)25(32)16-22)31(34-29)39-17-27(37)35(11-5-10-33)23-13-19(2)12-20(3)14-23/h7-8,12-14,16,18H,5-6,9,11,15,17H2,1-4H3/t18-/m0/s1. The molecule has 40 heavy (non-hydrogen) atoms. The highest BCUT2D eigenvalue weighted by Gasteiger charge is 2.26. The van der Waals surface area contributed by atoms with Gasteiger partial charge in [0.15, 0.2) is 5.16 Å². The second-order valence-corrected chi connectivity index (χ2v) is 13.0. The zero-order valence-electron chi connectivity index (χ0n) is 23.1.